The van der Waals surface area contributed by atoms with E-state index in [4.69, 9.17) is 6.42 Å². The fourth-order valence-electron chi connectivity index (χ4n) is 2.26. The predicted molar refractivity (Wildman–Crippen MR) is 84.0 cm³/mol. The van der Waals surface area contributed by atoms with Gasteiger partial charge in [0.1, 0.15) is 0 Å². The van der Waals surface area contributed by atoms with Crippen molar-refractivity contribution in [1.29, 1.82) is 0 Å². The van der Waals surface area contributed by atoms with Crippen LogP contribution in [0.3, 0.4) is 0 Å². The molecule has 0 atom stereocenters. The second kappa shape index (κ2) is 5.20. The zero-order chi connectivity index (χ0) is 15.7. The summed E-state index contributed by atoms with van der Waals surface area (Å²) in [6.07, 6.45) is 5.49. The van der Waals surface area contributed by atoms with Crippen LogP contribution in [0.2, 0.25) is 0 Å². The minimum atomic E-state index is -3.74. The topological polar surface area (TPSA) is 75.3 Å². The number of amides is 1. The molecule has 0 unspecified atom stereocenters. The first-order valence-corrected chi connectivity index (χ1v) is 7.98. The number of anilines is 2. The van der Waals surface area contributed by atoms with E-state index >= 15 is 0 Å². The summed E-state index contributed by atoms with van der Waals surface area (Å²) >= 11 is 0. The van der Waals surface area contributed by atoms with Gasteiger partial charge >= 0.3 is 0 Å². The molecule has 6 heteroatoms. The number of hydrogen-bond donors (Lipinski definition) is 2. The number of nitrogens with one attached hydrogen (secondary N) is 2. The number of benzene rings is 2. The monoisotopic (exact) mass is 312 g/mol. The zero-order valence-corrected chi connectivity index (χ0v) is 12.3. The second-order valence-electron chi connectivity index (χ2n) is 4.87. The Morgan fingerprint density at radius 1 is 1.18 bits per heavy atom. The molecule has 1 amide bonds. The molecule has 2 N–H and O–H groups in total. The van der Waals surface area contributed by atoms with Gasteiger partial charge in [-0.1, -0.05) is 12.0 Å². The molecule has 1 aliphatic rings. The number of carbonyl (C=O) groups is 1. The maximum Gasteiger partial charge on any atom is 0.261 e. The molecule has 0 bridgehead atoms. The van der Waals surface area contributed by atoms with Crippen LogP contribution < -0.4 is 10.0 Å². The molecule has 22 heavy (non-hydrogen) atoms. The Morgan fingerprint density at radius 3 is 2.77 bits per heavy atom. The fourth-order valence-corrected chi connectivity index (χ4v) is 3.36. The van der Waals surface area contributed by atoms with Crippen molar-refractivity contribution in [2.75, 3.05) is 10.0 Å². The van der Waals surface area contributed by atoms with Crippen LogP contribution in [0, 0.1) is 12.3 Å². The molecule has 0 radical (unpaired) electrons. The quantitative estimate of drug-likeness (QED) is 0.851. The first kappa shape index (κ1) is 14.2. The van der Waals surface area contributed by atoms with E-state index in [1.165, 1.54) is 12.1 Å². The third kappa shape index (κ3) is 2.67. The first-order valence-electron chi connectivity index (χ1n) is 6.50. The standard InChI is InChI=1S/C16H12N2O3S/c1-2-11-4-3-5-13(8-11)18-22(20,21)14-6-7-15-12(9-14)10-16(19)17-15/h1,3-9,18H,10H2,(H,17,19). The summed E-state index contributed by atoms with van der Waals surface area (Å²) in [6.45, 7) is 0. The number of hydrogen-bond acceptors (Lipinski definition) is 3. The van der Waals surface area contributed by atoms with Crippen molar-refractivity contribution in [2.24, 2.45) is 0 Å². The maximum absolute atomic E-state index is 12.4. The molecule has 5 nitrogen and oxygen atoms in total. The Kier molecular flexibility index (Phi) is 3.35. The molecule has 0 saturated heterocycles. The van der Waals surface area contributed by atoms with Gasteiger partial charge in [0.2, 0.25) is 5.91 Å². The SMILES string of the molecule is C#Cc1cccc(NS(=O)(=O)c2ccc3c(c2)CC(=O)N3)c1. The van der Waals surface area contributed by atoms with Gasteiger partial charge in [0.25, 0.3) is 10.0 Å². The van der Waals surface area contributed by atoms with E-state index in [1.807, 2.05) is 0 Å². The van der Waals surface area contributed by atoms with Gasteiger partial charge in [0, 0.05) is 11.3 Å². The highest BCUT2D eigenvalue weighted by Gasteiger charge is 2.21. The molecule has 3 rings (SSSR count). The number of terminal acetylenes is 1. The van der Waals surface area contributed by atoms with Crippen LogP contribution in [0.5, 0.6) is 0 Å². The zero-order valence-electron chi connectivity index (χ0n) is 11.5. The molecule has 2 aromatic carbocycles. The van der Waals surface area contributed by atoms with Crippen molar-refractivity contribution in [2.45, 2.75) is 11.3 Å². The summed E-state index contributed by atoms with van der Waals surface area (Å²) in [6, 6.07) is 11.1. The van der Waals surface area contributed by atoms with Crippen LogP contribution >= 0.6 is 0 Å². The first-order chi connectivity index (χ1) is 10.5. The molecule has 1 aliphatic heterocycles. The lowest BCUT2D eigenvalue weighted by molar-refractivity contribution is -0.115. The lowest BCUT2D eigenvalue weighted by Gasteiger charge is -2.09. The van der Waals surface area contributed by atoms with E-state index in [0.29, 0.717) is 22.5 Å². The highest BCUT2D eigenvalue weighted by atomic mass is 32.2. The smallest absolute Gasteiger partial charge is 0.261 e. The van der Waals surface area contributed by atoms with Gasteiger partial charge in [0.05, 0.1) is 17.0 Å². The van der Waals surface area contributed by atoms with Crippen molar-refractivity contribution in [3.63, 3.8) is 0 Å². The largest absolute Gasteiger partial charge is 0.326 e. The molecule has 0 aliphatic carbocycles. The van der Waals surface area contributed by atoms with Gasteiger partial charge in [-0.25, -0.2) is 8.42 Å². The summed E-state index contributed by atoms with van der Waals surface area (Å²) in [4.78, 5) is 11.4. The van der Waals surface area contributed by atoms with Gasteiger partial charge in [-0.15, -0.1) is 6.42 Å². The number of carbonyl (C=O) groups excluding carboxylic acids is 1. The number of sulfonamides is 1. The van der Waals surface area contributed by atoms with Crippen LogP contribution in [0.4, 0.5) is 11.4 Å². The van der Waals surface area contributed by atoms with Crippen molar-refractivity contribution < 1.29 is 13.2 Å². The van der Waals surface area contributed by atoms with E-state index in [-0.39, 0.29) is 17.2 Å². The van der Waals surface area contributed by atoms with E-state index in [9.17, 15) is 13.2 Å². The molecular weight excluding hydrogens is 300 g/mol. The average molecular weight is 312 g/mol. The average Bonchev–Trinajstić information content (AvgIpc) is 2.86. The van der Waals surface area contributed by atoms with Crippen LogP contribution in [0.15, 0.2) is 47.4 Å². The lowest BCUT2D eigenvalue weighted by Crippen LogP contribution is -2.13. The minimum absolute atomic E-state index is 0.105. The van der Waals surface area contributed by atoms with Crippen molar-refractivity contribution >= 4 is 27.3 Å². The molecular formula is C16H12N2O3S. The van der Waals surface area contributed by atoms with Crippen molar-refractivity contribution in [3.8, 4) is 12.3 Å². The van der Waals surface area contributed by atoms with Crippen LogP contribution in [-0.4, -0.2) is 14.3 Å². The molecule has 0 fully saturated rings. The third-order valence-corrected chi connectivity index (χ3v) is 4.67. The summed E-state index contributed by atoms with van der Waals surface area (Å²) in [5.41, 5.74) is 2.30. The van der Waals surface area contributed by atoms with E-state index in [2.05, 4.69) is 16.0 Å². The van der Waals surface area contributed by atoms with Gasteiger partial charge in [-0.3, -0.25) is 9.52 Å². The van der Waals surface area contributed by atoms with Crippen LogP contribution in [0.1, 0.15) is 11.1 Å². The predicted octanol–water partition coefficient (Wildman–Crippen LogP) is 1.96. The van der Waals surface area contributed by atoms with Crippen LogP contribution in [0.25, 0.3) is 0 Å². The molecule has 1 heterocycles. The van der Waals surface area contributed by atoms with Gasteiger partial charge in [-0.2, -0.15) is 0 Å². The Hall–Kier alpha value is -2.78. The van der Waals surface area contributed by atoms with E-state index in [0.717, 1.165) is 0 Å². The highest BCUT2D eigenvalue weighted by Crippen LogP contribution is 2.26. The molecule has 0 saturated carbocycles. The minimum Gasteiger partial charge on any atom is -0.326 e. The summed E-state index contributed by atoms with van der Waals surface area (Å²) < 4.78 is 27.3. The van der Waals surface area contributed by atoms with Gasteiger partial charge in [-0.05, 0) is 42.0 Å². The van der Waals surface area contributed by atoms with Gasteiger partial charge in [0.15, 0.2) is 0 Å². The van der Waals surface area contributed by atoms with Gasteiger partial charge < -0.3 is 5.32 Å². The Balaban J connectivity index is 1.92. The number of fused-ring (bicyclic) bond motifs is 1. The summed E-state index contributed by atoms with van der Waals surface area (Å²) in [7, 11) is -3.74. The van der Waals surface area contributed by atoms with E-state index < -0.39 is 10.0 Å². The fraction of sp³-hybridized carbons (Fsp3) is 0.0625. The molecule has 0 spiro atoms. The van der Waals surface area contributed by atoms with Crippen molar-refractivity contribution in [3.05, 3.63) is 53.6 Å². The number of rotatable bonds is 3. The lowest BCUT2D eigenvalue weighted by atomic mass is 10.2. The third-order valence-electron chi connectivity index (χ3n) is 3.29. The van der Waals surface area contributed by atoms with E-state index in [1.54, 1.807) is 30.3 Å². The second-order valence-corrected chi connectivity index (χ2v) is 6.56. The maximum atomic E-state index is 12.4. The summed E-state index contributed by atoms with van der Waals surface area (Å²) in [5, 5.41) is 2.66. The van der Waals surface area contributed by atoms with Crippen molar-refractivity contribution in [1.82, 2.24) is 0 Å². The molecule has 110 valence electrons. The van der Waals surface area contributed by atoms with Crippen LogP contribution in [-0.2, 0) is 21.2 Å². The molecule has 2 aromatic rings. The Morgan fingerprint density at radius 2 is 2.00 bits per heavy atom. The summed E-state index contributed by atoms with van der Waals surface area (Å²) in [5.74, 6) is 2.31. The normalized spacial score (nSPS) is 13.1. The Bertz CT molecular complexity index is 911. The highest BCUT2D eigenvalue weighted by molar-refractivity contribution is 7.92. The Labute approximate surface area is 128 Å². The molecule has 0 aromatic heterocycles.